The predicted molar refractivity (Wildman–Crippen MR) is 137 cm³/mol. The maximum absolute atomic E-state index is 13.7. The molecule has 1 unspecified atom stereocenters. The van der Waals surface area contributed by atoms with E-state index in [9.17, 15) is 9.59 Å². The third-order valence-electron chi connectivity index (χ3n) is 6.85. The fourth-order valence-electron chi connectivity index (χ4n) is 5.19. The smallest absolute Gasteiger partial charge is 0.315 e. The molecule has 2 aliphatic rings. The van der Waals surface area contributed by atoms with E-state index in [0.717, 1.165) is 22.6 Å². The van der Waals surface area contributed by atoms with Crippen LogP contribution in [0.15, 0.2) is 58.7 Å². The van der Waals surface area contributed by atoms with Crippen molar-refractivity contribution in [1.29, 1.82) is 0 Å². The Morgan fingerprint density at radius 3 is 2.19 bits per heavy atom. The Balaban J connectivity index is 1.80. The van der Waals surface area contributed by atoms with Crippen molar-refractivity contribution in [3.63, 3.8) is 0 Å². The normalized spacial score (nSPS) is 21.6. The van der Waals surface area contributed by atoms with Gasteiger partial charge in [0, 0.05) is 29.3 Å². The first-order valence-electron chi connectivity index (χ1n) is 12.1. The van der Waals surface area contributed by atoms with Crippen molar-refractivity contribution in [2.24, 2.45) is 10.9 Å². The molecule has 0 saturated heterocycles. The van der Waals surface area contributed by atoms with Crippen LogP contribution in [-0.2, 0) is 14.3 Å². The number of Topliss-reactive ketones (excluding diaryl/α,β-unsaturated/α-hetero) is 1. The standard InChI is InChI=1S/C29H33NO6/c1-16(2)36-29(32)26-17(3)30-22-13-20(18-7-10-21(33-4)11-8-18)14-23(31)28(22)27(26)19-9-12-24(34-5)25(15-19)35-6/h7-12,15-16,20,26-27H,13-14H2,1-6H3/t20-,26?,27+/m1/s1. The third-order valence-corrected chi connectivity index (χ3v) is 6.85. The van der Waals surface area contributed by atoms with Crippen molar-refractivity contribution in [3.05, 3.63) is 64.9 Å². The van der Waals surface area contributed by atoms with Crippen LogP contribution in [0.5, 0.6) is 17.2 Å². The average molecular weight is 492 g/mol. The molecule has 1 aliphatic carbocycles. The van der Waals surface area contributed by atoms with E-state index in [1.54, 1.807) is 27.4 Å². The van der Waals surface area contributed by atoms with Gasteiger partial charge < -0.3 is 18.9 Å². The Morgan fingerprint density at radius 2 is 1.58 bits per heavy atom. The number of nitrogens with zero attached hydrogens (tertiary/aromatic N) is 1. The van der Waals surface area contributed by atoms with Crippen molar-refractivity contribution in [1.82, 2.24) is 0 Å². The van der Waals surface area contributed by atoms with Crippen molar-refractivity contribution in [2.45, 2.75) is 51.6 Å². The summed E-state index contributed by atoms with van der Waals surface area (Å²) in [5.41, 5.74) is 3.81. The molecule has 0 aromatic heterocycles. The zero-order valence-electron chi connectivity index (χ0n) is 21.7. The molecule has 0 amide bonds. The van der Waals surface area contributed by atoms with Crippen LogP contribution in [0.4, 0.5) is 0 Å². The highest BCUT2D eigenvalue weighted by molar-refractivity contribution is 6.09. The molecule has 0 fully saturated rings. The molecule has 2 aromatic carbocycles. The van der Waals surface area contributed by atoms with Crippen LogP contribution in [0.2, 0.25) is 0 Å². The molecule has 4 rings (SSSR count). The first kappa shape index (κ1) is 25.5. The minimum absolute atomic E-state index is 0.00363. The fourth-order valence-corrected chi connectivity index (χ4v) is 5.19. The summed E-state index contributed by atoms with van der Waals surface area (Å²) >= 11 is 0. The molecule has 7 heteroatoms. The Hall–Kier alpha value is -3.61. The van der Waals surface area contributed by atoms with Crippen LogP contribution in [0.1, 0.15) is 56.6 Å². The van der Waals surface area contributed by atoms with Gasteiger partial charge in [-0.15, -0.1) is 0 Å². The molecule has 1 heterocycles. The van der Waals surface area contributed by atoms with Crippen molar-refractivity contribution in [2.75, 3.05) is 21.3 Å². The lowest BCUT2D eigenvalue weighted by molar-refractivity contribution is -0.150. The molecule has 2 aromatic rings. The zero-order valence-corrected chi connectivity index (χ0v) is 21.7. The Morgan fingerprint density at radius 1 is 0.917 bits per heavy atom. The first-order chi connectivity index (χ1) is 17.3. The molecule has 0 bridgehead atoms. The minimum atomic E-state index is -0.703. The van der Waals surface area contributed by atoms with Gasteiger partial charge in [-0.2, -0.15) is 0 Å². The number of carbonyl (C=O) groups excluding carboxylic acids is 2. The number of ketones is 1. The van der Waals surface area contributed by atoms with Crippen LogP contribution in [-0.4, -0.2) is 44.9 Å². The highest BCUT2D eigenvalue weighted by atomic mass is 16.5. The Kier molecular flexibility index (Phi) is 7.48. The van der Waals surface area contributed by atoms with E-state index in [0.29, 0.717) is 35.6 Å². The van der Waals surface area contributed by atoms with E-state index in [4.69, 9.17) is 23.9 Å². The van der Waals surface area contributed by atoms with Gasteiger partial charge in [-0.3, -0.25) is 14.6 Å². The molecule has 190 valence electrons. The lowest BCUT2D eigenvalue weighted by Gasteiger charge is -2.37. The number of hydrogen-bond acceptors (Lipinski definition) is 7. The number of aliphatic imine (C=N–C) groups is 1. The number of methoxy groups -OCH3 is 3. The molecule has 0 spiro atoms. The molecule has 1 aliphatic heterocycles. The second-order valence-corrected chi connectivity index (χ2v) is 9.47. The van der Waals surface area contributed by atoms with Crippen LogP contribution in [0, 0.1) is 5.92 Å². The van der Waals surface area contributed by atoms with Crippen LogP contribution in [0.25, 0.3) is 0 Å². The molecule has 0 N–H and O–H groups in total. The predicted octanol–water partition coefficient (Wildman–Crippen LogP) is 5.24. The molecular formula is C29H33NO6. The summed E-state index contributed by atoms with van der Waals surface area (Å²) in [4.78, 5) is 31.9. The summed E-state index contributed by atoms with van der Waals surface area (Å²) in [6.45, 7) is 5.47. The van der Waals surface area contributed by atoms with Crippen LogP contribution in [0.3, 0.4) is 0 Å². The maximum atomic E-state index is 13.7. The molecule has 36 heavy (non-hydrogen) atoms. The van der Waals surface area contributed by atoms with E-state index in [1.165, 1.54) is 0 Å². The van der Waals surface area contributed by atoms with Gasteiger partial charge in [-0.05, 0) is 68.5 Å². The monoisotopic (exact) mass is 491 g/mol. The van der Waals surface area contributed by atoms with Gasteiger partial charge in [0.25, 0.3) is 0 Å². The number of hydrogen-bond donors (Lipinski definition) is 0. The van der Waals surface area contributed by atoms with Crippen molar-refractivity contribution >= 4 is 17.5 Å². The zero-order chi connectivity index (χ0) is 26.0. The van der Waals surface area contributed by atoms with E-state index in [1.807, 2.05) is 57.2 Å². The summed E-state index contributed by atoms with van der Waals surface area (Å²) in [6.07, 6.45) is 0.670. The van der Waals surface area contributed by atoms with Crippen LogP contribution < -0.4 is 14.2 Å². The van der Waals surface area contributed by atoms with Gasteiger partial charge in [0.15, 0.2) is 17.3 Å². The van der Waals surface area contributed by atoms with Crippen molar-refractivity contribution in [3.8, 4) is 17.2 Å². The van der Waals surface area contributed by atoms with E-state index in [-0.39, 0.29) is 23.8 Å². The van der Waals surface area contributed by atoms with Crippen molar-refractivity contribution < 1.29 is 28.5 Å². The molecule has 7 nitrogen and oxygen atoms in total. The number of rotatable bonds is 7. The topological polar surface area (TPSA) is 83.4 Å². The van der Waals surface area contributed by atoms with Crippen LogP contribution >= 0.6 is 0 Å². The van der Waals surface area contributed by atoms with E-state index in [2.05, 4.69) is 0 Å². The summed E-state index contributed by atoms with van der Waals surface area (Å²) in [5.74, 6) is 0.271. The quantitative estimate of drug-likeness (QED) is 0.493. The lowest BCUT2D eigenvalue weighted by atomic mass is 9.69. The van der Waals surface area contributed by atoms with Gasteiger partial charge >= 0.3 is 5.97 Å². The second kappa shape index (κ2) is 10.6. The van der Waals surface area contributed by atoms with Gasteiger partial charge in [-0.1, -0.05) is 18.2 Å². The minimum Gasteiger partial charge on any atom is -0.497 e. The van der Waals surface area contributed by atoms with Gasteiger partial charge in [0.2, 0.25) is 0 Å². The van der Waals surface area contributed by atoms with E-state index >= 15 is 0 Å². The number of benzene rings is 2. The molecule has 0 radical (unpaired) electrons. The lowest BCUT2D eigenvalue weighted by Crippen LogP contribution is -2.38. The highest BCUT2D eigenvalue weighted by Crippen LogP contribution is 2.48. The largest absolute Gasteiger partial charge is 0.497 e. The average Bonchev–Trinajstić information content (AvgIpc) is 2.86. The number of ether oxygens (including phenoxy) is 4. The maximum Gasteiger partial charge on any atom is 0.315 e. The van der Waals surface area contributed by atoms with E-state index < -0.39 is 11.8 Å². The van der Waals surface area contributed by atoms with Gasteiger partial charge in [0.05, 0.1) is 27.4 Å². The number of allylic oxidation sites excluding steroid dienone is 2. The number of carbonyl (C=O) groups is 2. The first-order valence-corrected chi connectivity index (χ1v) is 12.1. The molecule has 0 saturated carbocycles. The van der Waals surface area contributed by atoms with Gasteiger partial charge in [-0.25, -0.2) is 0 Å². The SMILES string of the molecule is COc1ccc([C@H]2CC(=O)C3=C(C2)N=C(C)C(C(=O)OC(C)C)[C@@H]3c2ccc(OC)c(OC)c2)cc1. The molecule has 3 atom stereocenters. The summed E-state index contributed by atoms with van der Waals surface area (Å²) < 4.78 is 21.8. The van der Waals surface area contributed by atoms with Gasteiger partial charge in [0.1, 0.15) is 11.7 Å². The fraction of sp³-hybridized carbons (Fsp3) is 0.414. The highest BCUT2D eigenvalue weighted by Gasteiger charge is 2.45. The number of esters is 1. The third kappa shape index (κ3) is 4.87. The Bertz CT molecular complexity index is 1210. The Labute approximate surface area is 212 Å². The molecular weight excluding hydrogens is 458 g/mol. The second-order valence-electron chi connectivity index (χ2n) is 9.47. The summed E-state index contributed by atoms with van der Waals surface area (Å²) in [5, 5.41) is 0. The summed E-state index contributed by atoms with van der Waals surface area (Å²) in [6, 6.07) is 13.3. The summed E-state index contributed by atoms with van der Waals surface area (Å²) in [7, 11) is 4.77.